The van der Waals surface area contributed by atoms with Gasteiger partial charge in [-0.2, -0.15) is 0 Å². The number of halogens is 1. The first-order chi connectivity index (χ1) is 10.7. The lowest BCUT2D eigenvalue weighted by molar-refractivity contribution is -0.141. The van der Waals surface area contributed by atoms with E-state index in [4.69, 9.17) is 4.74 Å². The normalized spacial score (nSPS) is 23.5. The van der Waals surface area contributed by atoms with E-state index in [0.717, 1.165) is 25.9 Å². The number of benzene rings is 1. The van der Waals surface area contributed by atoms with Crippen LogP contribution >= 0.6 is 0 Å². The zero-order chi connectivity index (χ0) is 15.4. The van der Waals surface area contributed by atoms with Crippen LogP contribution in [0.2, 0.25) is 0 Å². The van der Waals surface area contributed by atoms with Crippen molar-refractivity contribution in [3.8, 4) is 0 Å². The number of hydrogen-bond donors (Lipinski definition) is 0. The molecule has 0 bridgehead atoms. The average Bonchev–Trinajstić information content (AvgIpc) is 2.57. The SMILES string of the molecule is O=C(C1CCCN(Cc2ccccc2F)C1)N1CCOCC1. The number of morpholine rings is 1. The van der Waals surface area contributed by atoms with Crippen molar-refractivity contribution in [2.24, 2.45) is 5.92 Å². The quantitative estimate of drug-likeness (QED) is 0.855. The van der Waals surface area contributed by atoms with Crippen LogP contribution in [0.4, 0.5) is 4.39 Å². The van der Waals surface area contributed by atoms with Crippen LogP contribution in [0.15, 0.2) is 24.3 Å². The fourth-order valence-electron chi connectivity index (χ4n) is 3.31. The van der Waals surface area contributed by atoms with Crippen LogP contribution in [-0.2, 0) is 16.1 Å². The molecule has 0 radical (unpaired) electrons. The molecular weight excluding hydrogens is 283 g/mol. The summed E-state index contributed by atoms with van der Waals surface area (Å²) in [6, 6.07) is 6.89. The molecule has 2 aliphatic rings. The van der Waals surface area contributed by atoms with E-state index in [1.54, 1.807) is 6.07 Å². The van der Waals surface area contributed by atoms with Gasteiger partial charge in [0.2, 0.25) is 5.91 Å². The van der Waals surface area contributed by atoms with E-state index in [9.17, 15) is 9.18 Å². The van der Waals surface area contributed by atoms with Gasteiger partial charge in [-0.15, -0.1) is 0 Å². The lowest BCUT2D eigenvalue weighted by Crippen LogP contribution is -2.48. The summed E-state index contributed by atoms with van der Waals surface area (Å²) in [5, 5.41) is 0. The molecule has 5 heteroatoms. The van der Waals surface area contributed by atoms with Gasteiger partial charge in [-0.1, -0.05) is 18.2 Å². The van der Waals surface area contributed by atoms with Gasteiger partial charge in [0.25, 0.3) is 0 Å². The van der Waals surface area contributed by atoms with E-state index < -0.39 is 0 Å². The molecule has 0 spiro atoms. The molecule has 1 aromatic carbocycles. The second-order valence-electron chi connectivity index (χ2n) is 6.10. The Morgan fingerprint density at radius 1 is 1.23 bits per heavy atom. The van der Waals surface area contributed by atoms with E-state index in [0.29, 0.717) is 38.4 Å². The van der Waals surface area contributed by atoms with Gasteiger partial charge in [0, 0.05) is 31.7 Å². The minimum Gasteiger partial charge on any atom is -0.378 e. The maximum Gasteiger partial charge on any atom is 0.227 e. The first-order valence-electron chi connectivity index (χ1n) is 8.06. The molecule has 0 aromatic heterocycles. The monoisotopic (exact) mass is 306 g/mol. The number of likely N-dealkylation sites (tertiary alicyclic amines) is 1. The largest absolute Gasteiger partial charge is 0.378 e. The smallest absolute Gasteiger partial charge is 0.227 e. The van der Waals surface area contributed by atoms with E-state index >= 15 is 0 Å². The van der Waals surface area contributed by atoms with Crippen molar-refractivity contribution in [3.05, 3.63) is 35.6 Å². The highest BCUT2D eigenvalue weighted by atomic mass is 19.1. The van der Waals surface area contributed by atoms with Gasteiger partial charge >= 0.3 is 0 Å². The minimum atomic E-state index is -0.163. The standard InChI is InChI=1S/C17H23FN2O2/c18-16-6-2-1-4-14(16)12-19-7-3-5-15(13-19)17(21)20-8-10-22-11-9-20/h1-2,4,6,15H,3,5,7-13H2. The van der Waals surface area contributed by atoms with Crippen molar-refractivity contribution in [1.29, 1.82) is 0 Å². The molecule has 120 valence electrons. The Balaban J connectivity index is 1.59. The van der Waals surface area contributed by atoms with E-state index in [1.165, 1.54) is 6.07 Å². The maximum absolute atomic E-state index is 13.8. The molecule has 0 N–H and O–H groups in total. The van der Waals surface area contributed by atoms with Crippen LogP contribution < -0.4 is 0 Å². The Labute approximate surface area is 130 Å². The highest BCUT2D eigenvalue weighted by molar-refractivity contribution is 5.79. The molecule has 4 nitrogen and oxygen atoms in total. The number of nitrogens with zero attached hydrogens (tertiary/aromatic N) is 2. The predicted molar refractivity (Wildman–Crippen MR) is 81.8 cm³/mol. The molecule has 2 fully saturated rings. The summed E-state index contributed by atoms with van der Waals surface area (Å²) in [6.45, 7) is 4.91. The van der Waals surface area contributed by atoms with E-state index in [1.807, 2.05) is 17.0 Å². The lowest BCUT2D eigenvalue weighted by Gasteiger charge is -2.36. The molecule has 3 rings (SSSR count). The predicted octanol–water partition coefficient (Wildman–Crippen LogP) is 1.90. The third-order valence-electron chi connectivity index (χ3n) is 4.53. The Morgan fingerprint density at radius 3 is 2.77 bits per heavy atom. The van der Waals surface area contributed by atoms with Gasteiger partial charge in [0.1, 0.15) is 5.82 Å². The Morgan fingerprint density at radius 2 is 2.00 bits per heavy atom. The van der Waals surface area contributed by atoms with Gasteiger partial charge in [-0.3, -0.25) is 9.69 Å². The first-order valence-corrected chi connectivity index (χ1v) is 8.06. The third kappa shape index (κ3) is 3.65. The number of hydrogen-bond acceptors (Lipinski definition) is 3. The van der Waals surface area contributed by atoms with Gasteiger partial charge in [0.15, 0.2) is 0 Å². The number of carbonyl (C=O) groups is 1. The zero-order valence-electron chi connectivity index (χ0n) is 12.8. The number of rotatable bonds is 3. The van der Waals surface area contributed by atoms with Crippen LogP contribution in [-0.4, -0.2) is 55.1 Å². The summed E-state index contributed by atoms with van der Waals surface area (Å²) in [5.41, 5.74) is 0.710. The Bertz CT molecular complexity index is 517. The minimum absolute atomic E-state index is 0.0404. The van der Waals surface area contributed by atoms with Crippen LogP contribution in [0.3, 0.4) is 0 Å². The highest BCUT2D eigenvalue weighted by Crippen LogP contribution is 2.21. The molecule has 22 heavy (non-hydrogen) atoms. The lowest BCUT2D eigenvalue weighted by atomic mass is 9.96. The number of ether oxygens (including phenoxy) is 1. The second kappa shape index (κ2) is 7.20. The van der Waals surface area contributed by atoms with Gasteiger partial charge in [-0.25, -0.2) is 4.39 Å². The molecule has 0 aliphatic carbocycles. The molecule has 1 aromatic rings. The third-order valence-corrected chi connectivity index (χ3v) is 4.53. The molecule has 2 heterocycles. The van der Waals surface area contributed by atoms with Gasteiger partial charge < -0.3 is 9.64 Å². The zero-order valence-corrected chi connectivity index (χ0v) is 12.8. The molecular formula is C17H23FN2O2. The van der Waals surface area contributed by atoms with Crippen LogP contribution in [0.1, 0.15) is 18.4 Å². The number of amides is 1. The maximum atomic E-state index is 13.8. The van der Waals surface area contributed by atoms with Crippen molar-refractivity contribution in [1.82, 2.24) is 9.80 Å². The van der Waals surface area contributed by atoms with Crippen molar-refractivity contribution < 1.29 is 13.9 Å². The molecule has 2 aliphatic heterocycles. The van der Waals surface area contributed by atoms with Crippen LogP contribution in [0, 0.1) is 11.7 Å². The van der Waals surface area contributed by atoms with Crippen LogP contribution in [0.25, 0.3) is 0 Å². The van der Waals surface area contributed by atoms with Crippen molar-refractivity contribution in [3.63, 3.8) is 0 Å². The molecule has 1 atom stereocenters. The fourth-order valence-corrected chi connectivity index (χ4v) is 3.31. The highest BCUT2D eigenvalue weighted by Gasteiger charge is 2.30. The van der Waals surface area contributed by atoms with Gasteiger partial charge in [0.05, 0.1) is 19.1 Å². The molecule has 1 amide bonds. The molecule has 0 saturated carbocycles. The summed E-state index contributed by atoms with van der Waals surface area (Å²) in [4.78, 5) is 16.7. The number of carbonyl (C=O) groups excluding carboxylic acids is 1. The van der Waals surface area contributed by atoms with Gasteiger partial charge in [-0.05, 0) is 25.5 Å². The van der Waals surface area contributed by atoms with Crippen molar-refractivity contribution in [2.45, 2.75) is 19.4 Å². The summed E-state index contributed by atoms with van der Waals surface area (Å²) in [6.07, 6.45) is 1.93. The van der Waals surface area contributed by atoms with Crippen LogP contribution in [0.5, 0.6) is 0 Å². The topological polar surface area (TPSA) is 32.8 Å². The van der Waals surface area contributed by atoms with Crippen molar-refractivity contribution in [2.75, 3.05) is 39.4 Å². The summed E-state index contributed by atoms with van der Waals surface area (Å²) >= 11 is 0. The van der Waals surface area contributed by atoms with Crippen molar-refractivity contribution >= 4 is 5.91 Å². The number of piperidine rings is 1. The summed E-state index contributed by atoms with van der Waals surface area (Å²) < 4.78 is 19.1. The first kappa shape index (κ1) is 15.4. The fraction of sp³-hybridized carbons (Fsp3) is 0.588. The summed E-state index contributed by atoms with van der Waals surface area (Å²) in [7, 11) is 0. The van der Waals surface area contributed by atoms with E-state index in [-0.39, 0.29) is 17.6 Å². The van der Waals surface area contributed by atoms with E-state index in [2.05, 4.69) is 4.90 Å². The average molecular weight is 306 g/mol. The Kier molecular flexibility index (Phi) is 5.05. The Hall–Kier alpha value is -1.46. The summed E-state index contributed by atoms with van der Waals surface area (Å²) in [5.74, 6) is 0.115. The molecule has 2 saturated heterocycles. The molecule has 1 unspecified atom stereocenters. The second-order valence-corrected chi connectivity index (χ2v) is 6.10.